The van der Waals surface area contributed by atoms with Crippen LogP contribution in [0.2, 0.25) is 10.2 Å². The summed E-state index contributed by atoms with van der Waals surface area (Å²) in [6.45, 7) is 0.390. The van der Waals surface area contributed by atoms with Gasteiger partial charge in [-0.25, -0.2) is 4.98 Å². The molecule has 0 radical (unpaired) electrons. The van der Waals surface area contributed by atoms with E-state index in [2.05, 4.69) is 4.98 Å². The lowest BCUT2D eigenvalue weighted by Gasteiger charge is -1.99. The van der Waals surface area contributed by atoms with E-state index in [9.17, 15) is 0 Å². The third-order valence-electron chi connectivity index (χ3n) is 1.15. The molecule has 0 aliphatic carbocycles. The van der Waals surface area contributed by atoms with Crippen molar-refractivity contribution in [2.45, 2.75) is 6.54 Å². The lowest BCUT2D eigenvalue weighted by molar-refractivity contribution is 1.06. The van der Waals surface area contributed by atoms with Gasteiger partial charge in [-0.3, -0.25) is 0 Å². The Hall–Kier alpha value is -0.310. The summed E-state index contributed by atoms with van der Waals surface area (Å²) in [5, 5.41) is 0.760. The number of hydrogen-bond acceptors (Lipinski definition) is 2. The molecule has 0 aliphatic rings. The van der Waals surface area contributed by atoms with Crippen molar-refractivity contribution in [3.05, 3.63) is 28.0 Å². The topological polar surface area (TPSA) is 38.9 Å². The van der Waals surface area contributed by atoms with Crippen LogP contribution in [0.15, 0.2) is 12.3 Å². The van der Waals surface area contributed by atoms with Crippen LogP contribution in [-0.2, 0) is 6.54 Å². The Morgan fingerprint density at radius 2 is 2.20 bits per heavy atom. The number of halogens is 2. The minimum atomic E-state index is 0.310. The second kappa shape index (κ2) is 3.19. The van der Waals surface area contributed by atoms with Crippen LogP contribution in [0.4, 0.5) is 0 Å². The Bertz CT molecular complexity index is 237. The highest BCUT2D eigenvalue weighted by Crippen LogP contribution is 2.22. The number of pyridine rings is 1. The predicted molar refractivity (Wildman–Crippen MR) is 42.1 cm³/mol. The Morgan fingerprint density at radius 1 is 1.50 bits per heavy atom. The molecule has 1 rings (SSSR count). The molecule has 0 aromatic carbocycles. The summed E-state index contributed by atoms with van der Waals surface area (Å²) in [5.41, 5.74) is 6.17. The Labute approximate surface area is 69.0 Å². The quantitative estimate of drug-likeness (QED) is 0.664. The summed E-state index contributed by atoms with van der Waals surface area (Å²) < 4.78 is 0. The number of rotatable bonds is 1. The van der Waals surface area contributed by atoms with Gasteiger partial charge in [0.15, 0.2) is 0 Å². The van der Waals surface area contributed by atoms with E-state index in [1.54, 1.807) is 12.3 Å². The van der Waals surface area contributed by atoms with E-state index in [4.69, 9.17) is 28.9 Å². The lowest BCUT2D eigenvalue weighted by Crippen LogP contribution is -1.97. The minimum Gasteiger partial charge on any atom is -0.326 e. The molecule has 0 bridgehead atoms. The summed E-state index contributed by atoms with van der Waals surface area (Å²) in [4.78, 5) is 3.77. The minimum absolute atomic E-state index is 0.310. The Balaban J connectivity index is 3.14. The first-order chi connectivity index (χ1) is 4.75. The highest BCUT2D eigenvalue weighted by molar-refractivity contribution is 6.41. The fraction of sp³-hybridized carbons (Fsp3) is 0.167. The zero-order chi connectivity index (χ0) is 7.56. The van der Waals surface area contributed by atoms with Gasteiger partial charge in [-0.05, 0) is 11.6 Å². The van der Waals surface area contributed by atoms with Crippen molar-refractivity contribution >= 4 is 23.2 Å². The summed E-state index contributed by atoms with van der Waals surface area (Å²) >= 11 is 11.3. The first-order valence-electron chi connectivity index (χ1n) is 2.74. The van der Waals surface area contributed by atoms with Gasteiger partial charge >= 0.3 is 0 Å². The van der Waals surface area contributed by atoms with Gasteiger partial charge in [-0.1, -0.05) is 23.2 Å². The van der Waals surface area contributed by atoms with Crippen LogP contribution >= 0.6 is 23.2 Å². The molecule has 2 nitrogen and oxygen atoms in total. The SMILES string of the molecule is NCc1ccnc(Cl)c1Cl. The molecule has 54 valence electrons. The van der Waals surface area contributed by atoms with E-state index in [0.717, 1.165) is 5.56 Å². The first kappa shape index (κ1) is 7.79. The zero-order valence-electron chi connectivity index (χ0n) is 5.14. The molecule has 1 aromatic heterocycles. The molecule has 0 saturated heterocycles. The molecule has 0 atom stereocenters. The van der Waals surface area contributed by atoms with E-state index in [1.807, 2.05) is 0 Å². The van der Waals surface area contributed by atoms with Crippen LogP contribution in [0, 0.1) is 0 Å². The van der Waals surface area contributed by atoms with Crippen molar-refractivity contribution in [2.75, 3.05) is 0 Å². The molecule has 1 aromatic rings. The van der Waals surface area contributed by atoms with Gasteiger partial charge in [-0.15, -0.1) is 0 Å². The van der Waals surface area contributed by atoms with E-state index in [1.165, 1.54) is 0 Å². The Kier molecular flexibility index (Phi) is 2.49. The molecular formula is C6H6Cl2N2. The smallest absolute Gasteiger partial charge is 0.147 e. The molecule has 0 saturated carbocycles. The maximum absolute atomic E-state index is 5.72. The molecule has 1 heterocycles. The van der Waals surface area contributed by atoms with E-state index in [0.29, 0.717) is 16.7 Å². The maximum Gasteiger partial charge on any atom is 0.147 e. The monoisotopic (exact) mass is 176 g/mol. The average molecular weight is 177 g/mol. The molecule has 4 heteroatoms. The normalized spacial score (nSPS) is 9.90. The summed E-state index contributed by atoms with van der Waals surface area (Å²) in [6.07, 6.45) is 1.58. The van der Waals surface area contributed by atoms with Crippen molar-refractivity contribution in [3.63, 3.8) is 0 Å². The summed E-state index contributed by atoms with van der Waals surface area (Å²) in [5.74, 6) is 0. The van der Waals surface area contributed by atoms with E-state index >= 15 is 0 Å². The van der Waals surface area contributed by atoms with Gasteiger partial charge in [0.2, 0.25) is 0 Å². The zero-order valence-corrected chi connectivity index (χ0v) is 6.65. The third kappa shape index (κ3) is 1.40. The predicted octanol–water partition coefficient (Wildman–Crippen LogP) is 1.85. The van der Waals surface area contributed by atoms with Crippen LogP contribution in [0.3, 0.4) is 0 Å². The van der Waals surface area contributed by atoms with Crippen molar-refractivity contribution in [2.24, 2.45) is 5.73 Å². The van der Waals surface area contributed by atoms with Gasteiger partial charge in [0.25, 0.3) is 0 Å². The fourth-order valence-corrected chi connectivity index (χ4v) is 0.979. The molecule has 2 N–H and O–H groups in total. The molecule has 0 unspecified atom stereocenters. The van der Waals surface area contributed by atoms with Gasteiger partial charge in [0.1, 0.15) is 5.15 Å². The second-order valence-electron chi connectivity index (χ2n) is 1.78. The second-order valence-corrected chi connectivity index (χ2v) is 2.51. The van der Waals surface area contributed by atoms with Gasteiger partial charge in [0.05, 0.1) is 5.02 Å². The van der Waals surface area contributed by atoms with Gasteiger partial charge in [0, 0.05) is 12.7 Å². The first-order valence-corrected chi connectivity index (χ1v) is 3.50. The molecule has 0 fully saturated rings. The van der Waals surface area contributed by atoms with Crippen LogP contribution in [-0.4, -0.2) is 4.98 Å². The average Bonchev–Trinajstić information content (AvgIpc) is 1.95. The Morgan fingerprint density at radius 3 is 2.70 bits per heavy atom. The standard InChI is InChI=1S/C6H6Cl2N2/c7-5-4(3-9)1-2-10-6(5)8/h1-2H,3,9H2. The van der Waals surface area contributed by atoms with Crippen LogP contribution in [0.1, 0.15) is 5.56 Å². The number of aromatic nitrogens is 1. The number of nitrogens with zero attached hydrogens (tertiary/aromatic N) is 1. The van der Waals surface area contributed by atoms with Crippen LogP contribution in [0.25, 0.3) is 0 Å². The highest BCUT2D eigenvalue weighted by atomic mass is 35.5. The molecule has 10 heavy (non-hydrogen) atoms. The molecular weight excluding hydrogens is 171 g/mol. The van der Waals surface area contributed by atoms with E-state index in [-0.39, 0.29) is 0 Å². The molecule has 0 amide bonds. The lowest BCUT2D eigenvalue weighted by atomic mass is 10.3. The highest BCUT2D eigenvalue weighted by Gasteiger charge is 2.01. The van der Waals surface area contributed by atoms with Crippen molar-refractivity contribution in [3.8, 4) is 0 Å². The maximum atomic E-state index is 5.72. The van der Waals surface area contributed by atoms with Gasteiger partial charge < -0.3 is 5.73 Å². The molecule has 0 spiro atoms. The van der Waals surface area contributed by atoms with Crippen molar-refractivity contribution < 1.29 is 0 Å². The largest absolute Gasteiger partial charge is 0.326 e. The molecule has 0 aliphatic heterocycles. The fourth-order valence-electron chi connectivity index (χ4n) is 0.613. The number of nitrogens with two attached hydrogens (primary N) is 1. The van der Waals surface area contributed by atoms with Crippen LogP contribution in [0.5, 0.6) is 0 Å². The van der Waals surface area contributed by atoms with Crippen LogP contribution < -0.4 is 5.73 Å². The summed E-state index contributed by atoms with van der Waals surface area (Å²) in [7, 11) is 0. The van der Waals surface area contributed by atoms with Gasteiger partial charge in [-0.2, -0.15) is 0 Å². The van der Waals surface area contributed by atoms with Crippen molar-refractivity contribution in [1.29, 1.82) is 0 Å². The van der Waals surface area contributed by atoms with Crippen molar-refractivity contribution in [1.82, 2.24) is 4.98 Å². The summed E-state index contributed by atoms with van der Waals surface area (Å²) in [6, 6.07) is 1.74. The number of hydrogen-bond donors (Lipinski definition) is 1. The third-order valence-corrected chi connectivity index (χ3v) is 1.95. The van der Waals surface area contributed by atoms with E-state index < -0.39 is 0 Å².